The largest absolute Gasteiger partial charge is 0.508 e. The molecule has 3 rings (SSSR count). The maximum absolute atomic E-state index is 14.3. The van der Waals surface area contributed by atoms with Gasteiger partial charge in [0.25, 0.3) is 5.63 Å². The van der Waals surface area contributed by atoms with E-state index < -0.39 is 37.3 Å². The molecule has 2 N–H and O–H groups in total. The lowest BCUT2D eigenvalue weighted by molar-refractivity contribution is -0.199. The van der Waals surface area contributed by atoms with Gasteiger partial charge in [-0.3, -0.25) is 4.57 Å². The number of ether oxygens (including phenoxy) is 1. The molecular formula is C25H28ClF3NO5P. The number of alkyl halides is 4. The third-order valence-corrected chi connectivity index (χ3v) is 7.62. The third-order valence-electron chi connectivity index (χ3n) is 4.92. The zero-order valence-corrected chi connectivity index (χ0v) is 21.8. The van der Waals surface area contributed by atoms with E-state index in [0.29, 0.717) is 11.1 Å². The standard InChI is InChI=1S/C25H28ClF3NO5P/c1-15(2)34-36(32,35-16(3)4)23(22-20-8-6-5-7-17(20)9-14-21(22)31)30-18-10-12-19(13-11-18)33-25(28,29)24(26)27/h5-16,23-24,30-31H,1-4H3. The Hall–Kier alpha value is -2.45. The first-order chi connectivity index (χ1) is 16.8. The van der Waals surface area contributed by atoms with Gasteiger partial charge in [0.15, 0.2) is 5.78 Å². The van der Waals surface area contributed by atoms with Crippen LogP contribution in [0.3, 0.4) is 0 Å². The van der Waals surface area contributed by atoms with Crippen LogP contribution in [0.15, 0.2) is 60.7 Å². The molecule has 0 aromatic heterocycles. The topological polar surface area (TPSA) is 77.0 Å². The van der Waals surface area contributed by atoms with E-state index in [0.717, 1.165) is 5.39 Å². The van der Waals surface area contributed by atoms with Crippen LogP contribution in [-0.2, 0) is 13.6 Å². The normalized spacial score (nSPS) is 14.3. The number of phenols is 1. The molecule has 3 aromatic rings. The Balaban J connectivity index is 2.10. The summed E-state index contributed by atoms with van der Waals surface area (Å²) in [4.78, 5) is 0. The van der Waals surface area contributed by atoms with Crippen molar-refractivity contribution >= 4 is 35.7 Å². The first kappa shape index (κ1) is 28.1. The van der Waals surface area contributed by atoms with Crippen molar-refractivity contribution in [1.29, 1.82) is 0 Å². The molecule has 11 heteroatoms. The van der Waals surface area contributed by atoms with Gasteiger partial charge < -0.3 is 24.2 Å². The second-order valence-electron chi connectivity index (χ2n) is 8.60. The average molecular weight is 546 g/mol. The number of fused-ring (bicyclic) bond motifs is 1. The predicted molar refractivity (Wildman–Crippen MR) is 135 cm³/mol. The van der Waals surface area contributed by atoms with Crippen LogP contribution in [0.4, 0.5) is 18.9 Å². The maximum Gasteiger partial charge on any atom is 0.444 e. The van der Waals surface area contributed by atoms with Crippen LogP contribution >= 0.6 is 19.2 Å². The SMILES string of the molecule is CC(C)OP(=O)(OC(C)C)C(Nc1ccc(OC(F)(F)C(F)Cl)cc1)c1c(O)ccc2ccccc12. The molecule has 0 aliphatic carbocycles. The summed E-state index contributed by atoms with van der Waals surface area (Å²) in [5.74, 6) is -1.65. The Labute approximate surface area is 212 Å². The first-order valence-corrected chi connectivity index (χ1v) is 13.3. The van der Waals surface area contributed by atoms with Crippen molar-refractivity contribution in [1.82, 2.24) is 0 Å². The van der Waals surface area contributed by atoms with Crippen molar-refractivity contribution in [3.8, 4) is 11.5 Å². The molecule has 0 bridgehead atoms. The summed E-state index contributed by atoms with van der Waals surface area (Å²) < 4.78 is 70.2. The molecule has 0 saturated heterocycles. The second kappa shape index (κ2) is 11.3. The monoisotopic (exact) mass is 545 g/mol. The fraction of sp³-hybridized carbons (Fsp3) is 0.360. The molecule has 0 fully saturated rings. The Morgan fingerprint density at radius 1 is 0.944 bits per heavy atom. The molecule has 3 aromatic carbocycles. The summed E-state index contributed by atoms with van der Waals surface area (Å²) in [7, 11) is -4.01. The average Bonchev–Trinajstić information content (AvgIpc) is 2.77. The fourth-order valence-electron chi connectivity index (χ4n) is 3.59. The van der Waals surface area contributed by atoms with Crippen molar-refractivity contribution in [2.45, 2.75) is 57.4 Å². The number of halogens is 4. The van der Waals surface area contributed by atoms with E-state index in [4.69, 9.17) is 20.6 Å². The zero-order chi connectivity index (χ0) is 26.7. The number of aromatic hydroxyl groups is 1. The van der Waals surface area contributed by atoms with Gasteiger partial charge in [-0.05, 0) is 68.8 Å². The lowest BCUT2D eigenvalue weighted by Crippen LogP contribution is -2.32. The number of benzene rings is 3. The molecule has 36 heavy (non-hydrogen) atoms. The summed E-state index contributed by atoms with van der Waals surface area (Å²) in [6.45, 7) is 6.82. The third kappa shape index (κ3) is 6.65. The molecule has 0 saturated carbocycles. The van der Waals surface area contributed by atoms with E-state index in [9.17, 15) is 22.8 Å². The molecule has 0 radical (unpaired) electrons. The van der Waals surface area contributed by atoms with Gasteiger partial charge in [-0.25, -0.2) is 4.39 Å². The van der Waals surface area contributed by atoms with Crippen LogP contribution < -0.4 is 10.1 Å². The summed E-state index contributed by atoms with van der Waals surface area (Å²) in [5, 5.41) is 15.4. The van der Waals surface area contributed by atoms with Gasteiger partial charge in [-0.15, -0.1) is 0 Å². The highest BCUT2D eigenvalue weighted by atomic mass is 35.5. The van der Waals surface area contributed by atoms with Crippen molar-refractivity contribution in [3.05, 3.63) is 66.2 Å². The highest BCUT2D eigenvalue weighted by molar-refractivity contribution is 7.54. The molecule has 0 amide bonds. The smallest absolute Gasteiger partial charge is 0.444 e. The van der Waals surface area contributed by atoms with Crippen molar-refractivity contribution in [3.63, 3.8) is 0 Å². The van der Waals surface area contributed by atoms with Gasteiger partial charge in [-0.2, -0.15) is 8.78 Å². The lowest BCUT2D eigenvalue weighted by atomic mass is 10.0. The fourth-order valence-corrected chi connectivity index (χ4v) is 6.00. The quantitative estimate of drug-likeness (QED) is 0.187. The highest BCUT2D eigenvalue weighted by Crippen LogP contribution is 2.64. The molecule has 196 valence electrons. The van der Waals surface area contributed by atoms with E-state index in [1.54, 1.807) is 45.9 Å². The Bertz CT molecular complexity index is 1210. The summed E-state index contributed by atoms with van der Waals surface area (Å²) in [6, 6.07) is 15.5. The minimum absolute atomic E-state index is 0.137. The maximum atomic E-state index is 14.3. The molecule has 0 aliphatic rings. The molecule has 0 aliphatic heterocycles. The van der Waals surface area contributed by atoms with Gasteiger partial charge in [0.05, 0.1) is 12.2 Å². The molecule has 6 nitrogen and oxygen atoms in total. The number of anilines is 1. The Kier molecular flexibility index (Phi) is 8.83. The molecule has 2 unspecified atom stereocenters. The van der Waals surface area contributed by atoms with Gasteiger partial charge >= 0.3 is 13.7 Å². The molecule has 0 heterocycles. The summed E-state index contributed by atoms with van der Waals surface area (Å²) in [6.07, 6.45) is -5.20. The number of phenolic OH excluding ortho intramolecular Hbond substituents is 1. The zero-order valence-electron chi connectivity index (χ0n) is 20.1. The van der Waals surface area contributed by atoms with E-state index in [1.807, 2.05) is 12.1 Å². The number of rotatable bonds is 11. The predicted octanol–water partition coefficient (Wildman–Crippen LogP) is 8.21. The van der Waals surface area contributed by atoms with Crippen LogP contribution in [0.25, 0.3) is 10.8 Å². The first-order valence-electron chi connectivity index (χ1n) is 11.2. The minimum Gasteiger partial charge on any atom is -0.508 e. The molecule has 0 spiro atoms. The lowest BCUT2D eigenvalue weighted by Gasteiger charge is -2.32. The number of nitrogens with one attached hydrogen (secondary N) is 1. The van der Waals surface area contributed by atoms with Crippen molar-refractivity contribution in [2.24, 2.45) is 0 Å². The van der Waals surface area contributed by atoms with Gasteiger partial charge in [-0.1, -0.05) is 41.9 Å². The van der Waals surface area contributed by atoms with Crippen LogP contribution in [0.2, 0.25) is 0 Å². The van der Waals surface area contributed by atoms with Crippen LogP contribution in [0.5, 0.6) is 11.5 Å². The number of hydrogen-bond acceptors (Lipinski definition) is 6. The summed E-state index contributed by atoms with van der Waals surface area (Å²) >= 11 is 4.85. The van der Waals surface area contributed by atoms with Crippen LogP contribution in [0, 0.1) is 0 Å². The van der Waals surface area contributed by atoms with Gasteiger partial charge in [0.1, 0.15) is 11.5 Å². The highest BCUT2D eigenvalue weighted by Gasteiger charge is 2.43. The Morgan fingerprint density at radius 2 is 1.53 bits per heavy atom. The number of hydrogen-bond donors (Lipinski definition) is 2. The molecule has 2 atom stereocenters. The van der Waals surface area contributed by atoms with Crippen LogP contribution in [0.1, 0.15) is 39.0 Å². The Morgan fingerprint density at radius 3 is 2.08 bits per heavy atom. The van der Waals surface area contributed by atoms with Gasteiger partial charge in [0, 0.05) is 11.3 Å². The van der Waals surface area contributed by atoms with Gasteiger partial charge in [0.2, 0.25) is 0 Å². The van der Waals surface area contributed by atoms with Crippen molar-refractivity contribution < 1.29 is 36.6 Å². The summed E-state index contributed by atoms with van der Waals surface area (Å²) in [5.41, 5.74) is -2.42. The van der Waals surface area contributed by atoms with E-state index in [-0.39, 0.29) is 17.1 Å². The van der Waals surface area contributed by atoms with Crippen LogP contribution in [-0.4, -0.2) is 29.1 Å². The second-order valence-corrected chi connectivity index (χ2v) is 11.0. The van der Waals surface area contributed by atoms with E-state index >= 15 is 0 Å². The molecular weight excluding hydrogens is 518 g/mol. The van der Waals surface area contributed by atoms with E-state index in [2.05, 4.69) is 10.1 Å². The van der Waals surface area contributed by atoms with E-state index in [1.165, 1.54) is 30.3 Å². The van der Waals surface area contributed by atoms with Crippen molar-refractivity contribution in [2.75, 3.05) is 5.32 Å². The minimum atomic E-state index is -4.22.